The van der Waals surface area contributed by atoms with Gasteiger partial charge in [0.05, 0.1) is 28.9 Å². The Kier molecular flexibility index (Phi) is 4.80. The summed E-state index contributed by atoms with van der Waals surface area (Å²) >= 11 is 5.95. The van der Waals surface area contributed by atoms with Crippen LogP contribution in [0.2, 0.25) is 5.02 Å². The van der Waals surface area contributed by atoms with Gasteiger partial charge in [-0.05, 0) is 32.0 Å². The zero-order chi connectivity index (χ0) is 12.8. The second kappa shape index (κ2) is 6.12. The van der Waals surface area contributed by atoms with Crippen LogP contribution in [0.4, 0.5) is 5.69 Å². The number of carbonyl (C=O) groups is 1. The predicted octanol–water partition coefficient (Wildman–Crippen LogP) is 2.58. The predicted molar refractivity (Wildman–Crippen MR) is 65.9 cm³/mol. The minimum absolute atomic E-state index is 0.330. The average Bonchev–Trinajstić information content (AvgIpc) is 2.32. The summed E-state index contributed by atoms with van der Waals surface area (Å²) in [5.74, 6) is -0.356. The lowest BCUT2D eigenvalue weighted by Gasteiger charge is -2.15. The molecule has 1 N–H and O–H groups in total. The van der Waals surface area contributed by atoms with Gasteiger partial charge in [-0.25, -0.2) is 4.79 Å². The highest BCUT2D eigenvalue weighted by atomic mass is 35.5. The lowest BCUT2D eigenvalue weighted by Crippen LogP contribution is -2.28. The molecule has 0 aliphatic rings. The van der Waals surface area contributed by atoms with E-state index < -0.39 is 6.04 Å². The van der Waals surface area contributed by atoms with E-state index in [1.807, 2.05) is 6.07 Å². The second-order valence-electron chi connectivity index (χ2n) is 3.42. The van der Waals surface area contributed by atoms with E-state index in [4.69, 9.17) is 21.6 Å². The molecule has 1 rings (SSSR count). The Morgan fingerprint density at radius 1 is 1.65 bits per heavy atom. The maximum Gasteiger partial charge on any atom is 0.328 e. The van der Waals surface area contributed by atoms with Crippen LogP contribution in [-0.4, -0.2) is 18.6 Å². The monoisotopic (exact) mass is 252 g/mol. The summed E-state index contributed by atoms with van der Waals surface area (Å²) in [6.45, 7) is 3.75. The standard InChI is InChI=1S/C12H13ClN2O2/c1-3-17-12(16)8(2)15-11-6-9(7-14)4-5-10(11)13/h4-6,8,15H,3H2,1-2H3. The summed E-state index contributed by atoms with van der Waals surface area (Å²) in [4.78, 5) is 11.4. The van der Waals surface area contributed by atoms with Gasteiger partial charge in [-0.15, -0.1) is 0 Å². The number of nitrogens with one attached hydrogen (secondary N) is 1. The number of halogens is 1. The normalized spacial score (nSPS) is 11.4. The first-order valence-corrected chi connectivity index (χ1v) is 5.59. The molecule has 0 bridgehead atoms. The summed E-state index contributed by atoms with van der Waals surface area (Å²) in [7, 11) is 0. The van der Waals surface area contributed by atoms with Gasteiger partial charge in [0, 0.05) is 0 Å². The molecule has 0 amide bonds. The van der Waals surface area contributed by atoms with Crippen molar-refractivity contribution in [1.82, 2.24) is 0 Å². The highest BCUT2D eigenvalue weighted by molar-refractivity contribution is 6.33. The number of carbonyl (C=O) groups excluding carboxylic acids is 1. The molecule has 1 aromatic rings. The molecular formula is C12H13ClN2O2. The molecule has 1 aromatic carbocycles. The maximum absolute atomic E-state index is 11.4. The molecule has 4 nitrogen and oxygen atoms in total. The minimum atomic E-state index is -0.513. The Morgan fingerprint density at radius 2 is 2.35 bits per heavy atom. The van der Waals surface area contributed by atoms with Gasteiger partial charge in [0.2, 0.25) is 0 Å². The maximum atomic E-state index is 11.4. The van der Waals surface area contributed by atoms with Gasteiger partial charge in [-0.1, -0.05) is 11.6 Å². The lowest BCUT2D eigenvalue weighted by molar-refractivity contribution is -0.143. The largest absolute Gasteiger partial charge is 0.464 e. The van der Waals surface area contributed by atoms with Crippen LogP contribution in [0.3, 0.4) is 0 Å². The number of anilines is 1. The van der Waals surface area contributed by atoms with E-state index in [1.165, 1.54) is 0 Å². The first-order chi connectivity index (χ1) is 8.08. The molecule has 0 radical (unpaired) electrons. The molecule has 0 saturated carbocycles. The molecule has 0 fully saturated rings. The molecular weight excluding hydrogens is 240 g/mol. The number of esters is 1. The van der Waals surface area contributed by atoms with Crippen molar-refractivity contribution in [3.05, 3.63) is 28.8 Å². The first-order valence-electron chi connectivity index (χ1n) is 5.21. The number of hydrogen-bond donors (Lipinski definition) is 1. The van der Waals surface area contributed by atoms with E-state index in [0.29, 0.717) is 22.9 Å². The summed E-state index contributed by atoms with van der Waals surface area (Å²) in [5.41, 5.74) is 1.03. The Hall–Kier alpha value is -1.73. The fourth-order valence-electron chi connectivity index (χ4n) is 1.26. The van der Waals surface area contributed by atoms with E-state index in [9.17, 15) is 4.79 Å². The van der Waals surface area contributed by atoms with Crippen molar-refractivity contribution in [3.63, 3.8) is 0 Å². The molecule has 17 heavy (non-hydrogen) atoms. The third-order valence-corrected chi connectivity index (χ3v) is 2.44. The fourth-order valence-corrected chi connectivity index (χ4v) is 1.44. The molecule has 90 valence electrons. The number of rotatable bonds is 4. The van der Waals surface area contributed by atoms with Crippen LogP contribution in [0.25, 0.3) is 0 Å². The zero-order valence-corrected chi connectivity index (χ0v) is 10.4. The highest BCUT2D eigenvalue weighted by Gasteiger charge is 2.14. The third kappa shape index (κ3) is 3.65. The van der Waals surface area contributed by atoms with E-state index in [2.05, 4.69) is 5.32 Å². The van der Waals surface area contributed by atoms with E-state index >= 15 is 0 Å². The third-order valence-electron chi connectivity index (χ3n) is 2.11. The molecule has 0 aliphatic carbocycles. The molecule has 0 aromatic heterocycles. The highest BCUT2D eigenvalue weighted by Crippen LogP contribution is 2.23. The van der Waals surface area contributed by atoms with Crippen molar-refractivity contribution < 1.29 is 9.53 Å². The Morgan fingerprint density at radius 3 is 2.94 bits per heavy atom. The van der Waals surface area contributed by atoms with Crippen molar-refractivity contribution in [1.29, 1.82) is 5.26 Å². The van der Waals surface area contributed by atoms with E-state index in [0.717, 1.165) is 0 Å². The number of nitrogens with zero attached hydrogens (tertiary/aromatic N) is 1. The Labute approximate surface area is 105 Å². The van der Waals surface area contributed by atoms with Crippen molar-refractivity contribution >= 4 is 23.3 Å². The second-order valence-corrected chi connectivity index (χ2v) is 3.83. The summed E-state index contributed by atoms with van der Waals surface area (Å²) in [5, 5.41) is 12.1. The number of benzene rings is 1. The van der Waals surface area contributed by atoms with Crippen LogP contribution in [0.15, 0.2) is 18.2 Å². The summed E-state index contributed by atoms with van der Waals surface area (Å²) in [6.07, 6.45) is 0. The Bertz CT molecular complexity index is 454. The molecule has 1 unspecified atom stereocenters. The van der Waals surface area contributed by atoms with E-state index in [1.54, 1.807) is 32.0 Å². The summed E-state index contributed by atoms with van der Waals surface area (Å²) in [6, 6.07) is 6.32. The molecule has 0 saturated heterocycles. The van der Waals surface area contributed by atoms with Crippen LogP contribution in [0.5, 0.6) is 0 Å². The molecule has 1 atom stereocenters. The van der Waals surface area contributed by atoms with Crippen molar-refractivity contribution in [2.24, 2.45) is 0 Å². The van der Waals surface area contributed by atoms with Gasteiger partial charge in [-0.2, -0.15) is 5.26 Å². The van der Waals surface area contributed by atoms with Crippen LogP contribution >= 0.6 is 11.6 Å². The fraction of sp³-hybridized carbons (Fsp3) is 0.333. The molecule has 0 aliphatic heterocycles. The minimum Gasteiger partial charge on any atom is -0.464 e. The van der Waals surface area contributed by atoms with Gasteiger partial charge in [-0.3, -0.25) is 0 Å². The van der Waals surface area contributed by atoms with Gasteiger partial charge in [0.25, 0.3) is 0 Å². The van der Waals surface area contributed by atoms with Crippen LogP contribution in [-0.2, 0) is 9.53 Å². The molecule has 0 heterocycles. The topological polar surface area (TPSA) is 62.1 Å². The van der Waals surface area contributed by atoms with Gasteiger partial charge < -0.3 is 10.1 Å². The smallest absolute Gasteiger partial charge is 0.328 e. The number of ether oxygens (including phenoxy) is 1. The lowest BCUT2D eigenvalue weighted by atomic mass is 10.2. The first kappa shape index (κ1) is 13.3. The van der Waals surface area contributed by atoms with E-state index in [-0.39, 0.29) is 5.97 Å². The molecule has 0 spiro atoms. The van der Waals surface area contributed by atoms with Crippen LogP contribution in [0, 0.1) is 11.3 Å². The van der Waals surface area contributed by atoms with Gasteiger partial charge in [0.1, 0.15) is 6.04 Å². The SMILES string of the molecule is CCOC(=O)C(C)Nc1cc(C#N)ccc1Cl. The zero-order valence-electron chi connectivity index (χ0n) is 9.66. The number of hydrogen-bond acceptors (Lipinski definition) is 4. The van der Waals surface area contributed by atoms with Crippen LogP contribution in [0.1, 0.15) is 19.4 Å². The van der Waals surface area contributed by atoms with Crippen molar-refractivity contribution in [3.8, 4) is 6.07 Å². The van der Waals surface area contributed by atoms with Gasteiger partial charge in [0.15, 0.2) is 0 Å². The number of nitriles is 1. The van der Waals surface area contributed by atoms with Crippen LogP contribution < -0.4 is 5.32 Å². The average molecular weight is 253 g/mol. The van der Waals surface area contributed by atoms with Crippen molar-refractivity contribution in [2.45, 2.75) is 19.9 Å². The Balaban J connectivity index is 2.81. The quantitative estimate of drug-likeness (QED) is 0.837. The molecule has 5 heteroatoms. The van der Waals surface area contributed by atoms with Crippen molar-refractivity contribution in [2.75, 3.05) is 11.9 Å². The summed E-state index contributed by atoms with van der Waals surface area (Å²) < 4.78 is 4.86. The van der Waals surface area contributed by atoms with Gasteiger partial charge >= 0.3 is 5.97 Å².